The van der Waals surface area contributed by atoms with Crippen LogP contribution in [0.3, 0.4) is 0 Å². The Labute approximate surface area is 79.1 Å². The fourth-order valence-electron chi connectivity index (χ4n) is 1.22. The smallest absolute Gasteiger partial charge is 0.251 e. The Morgan fingerprint density at radius 1 is 1.38 bits per heavy atom. The lowest BCUT2D eigenvalue weighted by atomic mass is 10.0. The van der Waals surface area contributed by atoms with Gasteiger partial charge in [-0.2, -0.15) is 0 Å². The van der Waals surface area contributed by atoms with Gasteiger partial charge in [0.1, 0.15) is 0 Å². The molecule has 0 saturated carbocycles. The molecule has 0 aliphatic rings. The van der Waals surface area contributed by atoms with E-state index in [4.69, 9.17) is 5.73 Å². The summed E-state index contributed by atoms with van der Waals surface area (Å²) in [4.78, 5) is 1.66. The predicted molar refractivity (Wildman–Crippen MR) is 51.0 cm³/mol. The largest absolute Gasteiger partial charge is 0.330 e. The average molecular weight is 194 g/mol. The molecule has 80 valence electrons. The summed E-state index contributed by atoms with van der Waals surface area (Å²) in [7, 11) is 1.72. The first kappa shape index (κ1) is 12.8. The first-order valence-corrected chi connectivity index (χ1v) is 4.76. The van der Waals surface area contributed by atoms with Crippen molar-refractivity contribution in [3.63, 3.8) is 0 Å². The molecule has 0 saturated heterocycles. The molecule has 0 spiro atoms. The number of hydrogen-bond donors (Lipinski definition) is 1. The molecule has 0 radical (unpaired) electrons. The molecule has 4 heteroatoms. The van der Waals surface area contributed by atoms with Gasteiger partial charge in [0, 0.05) is 0 Å². The van der Waals surface area contributed by atoms with E-state index in [1.807, 2.05) is 0 Å². The van der Waals surface area contributed by atoms with E-state index in [9.17, 15) is 8.78 Å². The highest BCUT2D eigenvalue weighted by Gasteiger charge is 2.09. The third-order valence-electron chi connectivity index (χ3n) is 2.28. The fraction of sp³-hybridized carbons (Fsp3) is 1.00. The standard InChI is InChI=1S/C9H20F2N2/c1-3-8(6-12)4-5-13(2)7-9(10)11/h8-9H,3-7,12H2,1-2H3. The van der Waals surface area contributed by atoms with Crippen LogP contribution in [0.1, 0.15) is 19.8 Å². The van der Waals surface area contributed by atoms with Crippen molar-refractivity contribution >= 4 is 0 Å². The van der Waals surface area contributed by atoms with Gasteiger partial charge < -0.3 is 10.6 Å². The Morgan fingerprint density at radius 3 is 2.38 bits per heavy atom. The zero-order valence-corrected chi connectivity index (χ0v) is 8.47. The van der Waals surface area contributed by atoms with Crippen LogP contribution in [0.15, 0.2) is 0 Å². The maximum absolute atomic E-state index is 11.9. The van der Waals surface area contributed by atoms with Crippen LogP contribution in [0.25, 0.3) is 0 Å². The molecule has 0 aromatic heterocycles. The molecule has 0 aliphatic heterocycles. The number of nitrogens with two attached hydrogens (primary N) is 1. The van der Waals surface area contributed by atoms with Crippen molar-refractivity contribution < 1.29 is 8.78 Å². The normalized spacial score (nSPS) is 14.1. The third-order valence-corrected chi connectivity index (χ3v) is 2.28. The molecule has 0 rings (SSSR count). The number of rotatable bonds is 7. The number of nitrogens with zero attached hydrogens (tertiary/aromatic N) is 1. The highest BCUT2D eigenvalue weighted by molar-refractivity contribution is 4.61. The number of halogens is 2. The summed E-state index contributed by atoms with van der Waals surface area (Å²) in [6.07, 6.45) is -0.294. The van der Waals surface area contributed by atoms with Crippen LogP contribution in [-0.4, -0.2) is 38.0 Å². The van der Waals surface area contributed by atoms with E-state index in [1.165, 1.54) is 0 Å². The zero-order valence-electron chi connectivity index (χ0n) is 8.47. The first-order chi connectivity index (χ1) is 6.10. The Hall–Kier alpha value is -0.220. The van der Waals surface area contributed by atoms with Crippen molar-refractivity contribution in [1.82, 2.24) is 4.90 Å². The molecule has 0 aromatic carbocycles. The Bertz CT molecular complexity index is 116. The maximum atomic E-state index is 11.9. The topological polar surface area (TPSA) is 29.3 Å². The minimum atomic E-state index is -2.23. The average Bonchev–Trinajstić information content (AvgIpc) is 2.05. The highest BCUT2D eigenvalue weighted by atomic mass is 19.3. The van der Waals surface area contributed by atoms with E-state index in [-0.39, 0.29) is 6.54 Å². The van der Waals surface area contributed by atoms with Gasteiger partial charge in [-0.25, -0.2) is 8.78 Å². The molecule has 0 aliphatic carbocycles. The highest BCUT2D eigenvalue weighted by Crippen LogP contribution is 2.07. The van der Waals surface area contributed by atoms with Crippen LogP contribution in [0.5, 0.6) is 0 Å². The molecule has 2 N–H and O–H groups in total. The minimum absolute atomic E-state index is 0.138. The summed E-state index contributed by atoms with van der Waals surface area (Å²) < 4.78 is 23.8. The van der Waals surface area contributed by atoms with Crippen molar-refractivity contribution in [2.75, 3.05) is 26.7 Å². The SMILES string of the molecule is CCC(CN)CCN(C)CC(F)F. The molecule has 1 unspecified atom stereocenters. The van der Waals surface area contributed by atoms with Crippen LogP contribution in [0.2, 0.25) is 0 Å². The zero-order chi connectivity index (χ0) is 10.3. The summed E-state index contributed by atoms with van der Waals surface area (Å²) >= 11 is 0. The van der Waals surface area contributed by atoms with Crippen LogP contribution in [-0.2, 0) is 0 Å². The monoisotopic (exact) mass is 194 g/mol. The van der Waals surface area contributed by atoms with E-state index < -0.39 is 6.43 Å². The first-order valence-electron chi connectivity index (χ1n) is 4.76. The van der Waals surface area contributed by atoms with Gasteiger partial charge in [-0.3, -0.25) is 0 Å². The van der Waals surface area contributed by atoms with Gasteiger partial charge >= 0.3 is 0 Å². The number of alkyl halides is 2. The van der Waals surface area contributed by atoms with Gasteiger partial charge in [-0.1, -0.05) is 13.3 Å². The molecule has 0 bridgehead atoms. The lowest BCUT2D eigenvalue weighted by molar-refractivity contribution is 0.0977. The fourth-order valence-corrected chi connectivity index (χ4v) is 1.22. The molecular formula is C9H20F2N2. The molecule has 0 heterocycles. The number of hydrogen-bond acceptors (Lipinski definition) is 2. The maximum Gasteiger partial charge on any atom is 0.251 e. The predicted octanol–water partition coefficient (Wildman–Crippen LogP) is 1.56. The second-order valence-electron chi connectivity index (χ2n) is 3.45. The van der Waals surface area contributed by atoms with Crippen molar-refractivity contribution in [2.24, 2.45) is 11.7 Å². The molecule has 0 fully saturated rings. The van der Waals surface area contributed by atoms with Gasteiger partial charge in [-0.15, -0.1) is 0 Å². The van der Waals surface area contributed by atoms with E-state index in [0.29, 0.717) is 19.0 Å². The van der Waals surface area contributed by atoms with Crippen molar-refractivity contribution in [2.45, 2.75) is 26.2 Å². The van der Waals surface area contributed by atoms with Gasteiger partial charge in [0.05, 0.1) is 6.54 Å². The van der Waals surface area contributed by atoms with Crippen molar-refractivity contribution in [3.8, 4) is 0 Å². The Balaban J connectivity index is 3.49. The van der Waals surface area contributed by atoms with E-state index >= 15 is 0 Å². The summed E-state index contributed by atoms with van der Waals surface area (Å²) in [5, 5.41) is 0. The van der Waals surface area contributed by atoms with Crippen LogP contribution >= 0.6 is 0 Å². The van der Waals surface area contributed by atoms with Crippen LogP contribution in [0.4, 0.5) is 8.78 Å². The van der Waals surface area contributed by atoms with Crippen molar-refractivity contribution in [1.29, 1.82) is 0 Å². The lowest BCUT2D eigenvalue weighted by Crippen LogP contribution is -2.28. The molecule has 13 heavy (non-hydrogen) atoms. The molecular weight excluding hydrogens is 174 g/mol. The summed E-state index contributed by atoms with van der Waals surface area (Å²) in [6.45, 7) is 3.30. The Morgan fingerprint density at radius 2 is 2.00 bits per heavy atom. The minimum Gasteiger partial charge on any atom is -0.330 e. The van der Waals surface area contributed by atoms with Crippen molar-refractivity contribution in [3.05, 3.63) is 0 Å². The summed E-state index contributed by atoms with van der Waals surface area (Å²) in [6, 6.07) is 0. The molecule has 0 amide bonds. The van der Waals surface area contributed by atoms with E-state index in [1.54, 1.807) is 11.9 Å². The second kappa shape index (κ2) is 7.21. The molecule has 0 aromatic rings. The second-order valence-corrected chi connectivity index (χ2v) is 3.45. The summed E-state index contributed by atoms with van der Waals surface area (Å²) in [5.74, 6) is 0.472. The van der Waals surface area contributed by atoms with Crippen LogP contribution in [0, 0.1) is 5.92 Å². The quantitative estimate of drug-likeness (QED) is 0.666. The van der Waals surface area contributed by atoms with Gasteiger partial charge in [0.2, 0.25) is 0 Å². The van der Waals surface area contributed by atoms with Gasteiger partial charge in [0.15, 0.2) is 0 Å². The molecule has 2 nitrogen and oxygen atoms in total. The third kappa shape index (κ3) is 6.90. The van der Waals surface area contributed by atoms with E-state index in [2.05, 4.69) is 6.92 Å². The van der Waals surface area contributed by atoms with Gasteiger partial charge in [-0.05, 0) is 32.5 Å². The van der Waals surface area contributed by atoms with Crippen LogP contribution < -0.4 is 5.73 Å². The lowest BCUT2D eigenvalue weighted by Gasteiger charge is -2.19. The molecule has 1 atom stereocenters. The van der Waals surface area contributed by atoms with E-state index in [0.717, 1.165) is 12.8 Å². The van der Waals surface area contributed by atoms with Gasteiger partial charge in [0.25, 0.3) is 6.43 Å². The summed E-state index contributed by atoms with van der Waals surface area (Å²) in [5.41, 5.74) is 5.50. The Kier molecular flexibility index (Phi) is 7.09.